The molecule has 0 aromatic heterocycles. The van der Waals surface area contributed by atoms with Gasteiger partial charge in [-0.3, -0.25) is 11.3 Å². The Morgan fingerprint density at radius 1 is 1.15 bits per heavy atom. The summed E-state index contributed by atoms with van der Waals surface area (Å²) in [6.07, 6.45) is 0.584. The lowest BCUT2D eigenvalue weighted by molar-refractivity contribution is 0.546. The topological polar surface area (TPSA) is 38.0 Å². The molecule has 3 N–H and O–H groups in total. The van der Waals surface area contributed by atoms with Crippen molar-refractivity contribution in [1.29, 1.82) is 0 Å². The third-order valence-electron chi connectivity index (χ3n) is 3.21. The first kappa shape index (κ1) is 15.1. The largest absolute Gasteiger partial charge is 0.271 e. The second-order valence-corrected chi connectivity index (χ2v) is 5.53. The molecule has 20 heavy (non-hydrogen) atoms. The average Bonchev–Trinajstić information content (AvgIpc) is 2.43. The van der Waals surface area contributed by atoms with Gasteiger partial charge in [0.25, 0.3) is 0 Å². The van der Waals surface area contributed by atoms with Gasteiger partial charge >= 0.3 is 0 Å². The van der Waals surface area contributed by atoms with E-state index < -0.39 is 0 Å². The van der Waals surface area contributed by atoms with Crippen molar-refractivity contribution >= 4 is 15.9 Å². The molecule has 0 aliphatic rings. The van der Waals surface area contributed by atoms with Crippen LogP contribution in [0.1, 0.15) is 22.7 Å². The highest BCUT2D eigenvalue weighted by atomic mass is 79.9. The van der Waals surface area contributed by atoms with Crippen LogP contribution in [-0.2, 0) is 6.42 Å². The van der Waals surface area contributed by atoms with Crippen molar-refractivity contribution in [3.8, 4) is 0 Å². The first-order chi connectivity index (χ1) is 9.51. The lowest BCUT2D eigenvalue weighted by Gasteiger charge is -2.17. The van der Waals surface area contributed by atoms with Crippen LogP contribution in [0.3, 0.4) is 0 Å². The minimum atomic E-state index is -0.302. The maximum atomic E-state index is 13.3. The molecule has 0 amide bonds. The molecule has 0 spiro atoms. The van der Waals surface area contributed by atoms with Crippen molar-refractivity contribution in [2.45, 2.75) is 19.4 Å². The molecule has 0 aliphatic carbocycles. The van der Waals surface area contributed by atoms with E-state index in [1.165, 1.54) is 12.1 Å². The molecule has 0 aliphatic heterocycles. The summed E-state index contributed by atoms with van der Waals surface area (Å²) in [6.45, 7) is 1.71. The zero-order valence-corrected chi connectivity index (χ0v) is 12.5. The maximum Gasteiger partial charge on any atom is 0.137 e. The number of aryl methyl sites for hydroxylation is 1. The standard InChI is InChI=1S/C15H15BrF2N2/c1-9-6-11(3-5-13(9)17)15(20-19)8-10-2-4-14(18)12(16)7-10/h2-7,15,20H,8,19H2,1H3. The van der Waals surface area contributed by atoms with Crippen molar-refractivity contribution in [2.75, 3.05) is 0 Å². The fraction of sp³-hybridized carbons (Fsp3) is 0.200. The lowest BCUT2D eigenvalue weighted by atomic mass is 9.98. The third-order valence-corrected chi connectivity index (χ3v) is 3.82. The number of benzene rings is 2. The summed E-state index contributed by atoms with van der Waals surface area (Å²) in [6, 6.07) is 9.56. The van der Waals surface area contributed by atoms with Gasteiger partial charge in [0.15, 0.2) is 0 Å². The number of hydrogen-bond donors (Lipinski definition) is 2. The Bertz CT molecular complexity index is 617. The molecule has 2 rings (SSSR count). The van der Waals surface area contributed by atoms with Crippen molar-refractivity contribution < 1.29 is 8.78 Å². The number of halogens is 3. The van der Waals surface area contributed by atoms with Crippen molar-refractivity contribution in [3.05, 3.63) is 69.2 Å². The lowest BCUT2D eigenvalue weighted by Crippen LogP contribution is -2.29. The highest BCUT2D eigenvalue weighted by molar-refractivity contribution is 9.10. The predicted octanol–water partition coefficient (Wildman–Crippen LogP) is 3.78. The molecule has 0 radical (unpaired) electrons. The number of hydrazine groups is 1. The van der Waals surface area contributed by atoms with Gasteiger partial charge in [0.05, 0.1) is 4.47 Å². The number of nitrogens with one attached hydrogen (secondary N) is 1. The first-order valence-corrected chi connectivity index (χ1v) is 6.96. The quantitative estimate of drug-likeness (QED) is 0.656. The number of rotatable bonds is 4. The van der Waals surface area contributed by atoms with Gasteiger partial charge in [-0.05, 0) is 64.2 Å². The SMILES string of the molecule is Cc1cc(C(Cc2ccc(F)c(Br)c2)NN)ccc1F. The number of nitrogens with two attached hydrogens (primary N) is 1. The summed E-state index contributed by atoms with van der Waals surface area (Å²) in [5.41, 5.74) is 5.12. The molecule has 2 nitrogen and oxygen atoms in total. The van der Waals surface area contributed by atoms with Gasteiger partial charge in [-0.2, -0.15) is 0 Å². The van der Waals surface area contributed by atoms with Crippen molar-refractivity contribution in [1.82, 2.24) is 5.43 Å². The Labute approximate surface area is 125 Å². The van der Waals surface area contributed by atoms with Crippen LogP contribution in [0.4, 0.5) is 8.78 Å². The molecule has 1 atom stereocenters. The van der Waals surface area contributed by atoms with Gasteiger partial charge < -0.3 is 0 Å². The first-order valence-electron chi connectivity index (χ1n) is 6.17. The van der Waals surface area contributed by atoms with Crippen LogP contribution in [0, 0.1) is 18.6 Å². The highest BCUT2D eigenvalue weighted by Gasteiger charge is 2.13. The summed E-state index contributed by atoms with van der Waals surface area (Å²) in [7, 11) is 0. The van der Waals surface area contributed by atoms with Crippen LogP contribution < -0.4 is 11.3 Å². The minimum absolute atomic E-state index is 0.160. The normalized spacial score (nSPS) is 12.4. The summed E-state index contributed by atoms with van der Waals surface area (Å²) in [5, 5.41) is 0. The van der Waals surface area contributed by atoms with E-state index in [0.29, 0.717) is 16.5 Å². The Hall–Kier alpha value is -1.30. The maximum absolute atomic E-state index is 13.3. The fourth-order valence-corrected chi connectivity index (χ4v) is 2.49. The Morgan fingerprint density at radius 3 is 2.45 bits per heavy atom. The van der Waals surface area contributed by atoms with Crippen LogP contribution in [0.15, 0.2) is 40.9 Å². The molecule has 2 aromatic rings. The van der Waals surface area contributed by atoms with E-state index in [2.05, 4.69) is 21.4 Å². The van der Waals surface area contributed by atoms with E-state index in [1.54, 1.807) is 31.2 Å². The molecular weight excluding hydrogens is 326 g/mol. The van der Waals surface area contributed by atoms with Gasteiger partial charge in [-0.15, -0.1) is 0 Å². The summed E-state index contributed by atoms with van der Waals surface area (Å²) in [4.78, 5) is 0. The van der Waals surface area contributed by atoms with Crippen LogP contribution in [0.25, 0.3) is 0 Å². The minimum Gasteiger partial charge on any atom is -0.271 e. The molecule has 2 aromatic carbocycles. The Morgan fingerprint density at radius 2 is 1.85 bits per heavy atom. The molecule has 5 heteroatoms. The molecule has 0 saturated carbocycles. The second kappa shape index (κ2) is 6.43. The predicted molar refractivity (Wildman–Crippen MR) is 79.0 cm³/mol. The van der Waals surface area contributed by atoms with Gasteiger partial charge in [-0.25, -0.2) is 8.78 Å². The Kier molecular flexibility index (Phi) is 4.86. The van der Waals surface area contributed by atoms with Gasteiger partial charge in [0.1, 0.15) is 11.6 Å². The van der Waals surface area contributed by atoms with Gasteiger partial charge in [0, 0.05) is 6.04 Å². The number of hydrogen-bond acceptors (Lipinski definition) is 2. The average molecular weight is 341 g/mol. The molecule has 0 saturated heterocycles. The van der Waals surface area contributed by atoms with Crippen LogP contribution in [-0.4, -0.2) is 0 Å². The molecule has 0 fully saturated rings. The monoisotopic (exact) mass is 340 g/mol. The summed E-state index contributed by atoms with van der Waals surface area (Å²) >= 11 is 3.16. The summed E-state index contributed by atoms with van der Waals surface area (Å²) in [5.74, 6) is 5.04. The fourth-order valence-electron chi connectivity index (χ4n) is 2.06. The van der Waals surface area contributed by atoms with E-state index in [-0.39, 0.29) is 17.7 Å². The summed E-state index contributed by atoms with van der Waals surface area (Å²) < 4.78 is 26.9. The van der Waals surface area contributed by atoms with Crippen LogP contribution >= 0.6 is 15.9 Å². The van der Waals surface area contributed by atoms with Crippen molar-refractivity contribution in [2.24, 2.45) is 5.84 Å². The molecule has 0 bridgehead atoms. The van der Waals surface area contributed by atoms with Gasteiger partial charge in [0.2, 0.25) is 0 Å². The zero-order chi connectivity index (χ0) is 14.7. The second-order valence-electron chi connectivity index (χ2n) is 4.68. The van der Waals surface area contributed by atoms with Crippen molar-refractivity contribution in [3.63, 3.8) is 0 Å². The molecule has 0 heterocycles. The highest BCUT2D eigenvalue weighted by Crippen LogP contribution is 2.23. The van der Waals surface area contributed by atoms with E-state index >= 15 is 0 Å². The Balaban J connectivity index is 2.23. The zero-order valence-electron chi connectivity index (χ0n) is 11.0. The molecule has 1 unspecified atom stereocenters. The van der Waals surface area contributed by atoms with Crippen LogP contribution in [0.5, 0.6) is 0 Å². The van der Waals surface area contributed by atoms with E-state index in [1.807, 2.05) is 0 Å². The third kappa shape index (κ3) is 3.42. The van der Waals surface area contributed by atoms with E-state index in [4.69, 9.17) is 5.84 Å². The smallest absolute Gasteiger partial charge is 0.137 e. The van der Waals surface area contributed by atoms with Crippen LogP contribution in [0.2, 0.25) is 0 Å². The van der Waals surface area contributed by atoms with E-state index in [0.717, 1.165) is 11.1 Å². The van der Waals surface area contributed by atoms with Gasteiger partial charge in [-0.1, -0.05) is 18.2 Å². The molecular formula is C15H15BrF2N2. The van der Waals surface area contributed by atoms with E-state index in [9.17, 15) is 8.78 Å². The molecule has 106 valence electrons.